The lowest BCUT2D eigenvalue weighted by molar-refractivity contribution is 0.0986. The molecular formula is C12H16O2S. The topological polar surface area (TPSA) is 26.3 Å². The fourth-order valence-electron chi connectivity index (χ4n) is 1.31. The normalized spacial score (nSPS) is 10.0. The van der Waals surface area contributed by atoms with E-state index in [4.69, 9.17) is 4.74 Å². The molecule has 15 heavy (non-hydrogen) atoms. The summed E-state index contributed by atoms with van der Waals surface area (Å²) in [5.41, 5.74) is 0.702. The van der Waals surface area contributed by atoms with Crippen LogP contribution in [0.3, 0.4) is 0 Å². The summed E-state index contributed by atoms with van der Waals surface area (Å²) in [7, 11) is 0. The summed E-state index contributed by atoms with van der Waals surface area (Å²) in [5.74, 6) is 1.72. The number of hydrogen-bond acceptors (Lipinski definition) is 3. The van der Waals surface area contributed by atoms with Crippen molar-refractivity contribution in [1.29, 1.82) is 0 Å². The van der Waals surface area contributed by atoms with Crippen molar-refractivity contribution in [2.75, 3.05) is 18.6 Å². The first-order chi connectivity index (χ1) is 7.29. The third kappa shape index (κ3) is 3.59. The first kappa shape index (κ1) is 12.1. The largest absolute Gasteiger partial charge is 0.493 e. The highest BCUT2D eigenvalue weighted by atomic mass is 32.2. The third-order valence-corrected chi connectivity index (χ3v) is 2.63. The van der Waals surface area contributed by atoms with Crippen LogP contribution in [0.4, 0.5) is 0 Å². The van der Waals surface area contributed by atoms with Crippen LogP contribution in [0.25, 0.3) is 0 Å². The number of Topliss-reactive ketones (excluding diaryl/α,β-unsaturated/α-hetero) is 1. The average molecular weight is 224 g/mol. The Bertz CT molecular complexity index is 323. The van der Waals surface area contributed by atoms with Crippen molar-refractivity contribution in [1.82, 2.24) is 0 Å². The minimum atomic E-state index is 0.161. The van der Waals surface area contributed by atoms with Gasteiger partial charge in [-0.3, -0.25) is 4.79 Å². The Morgan fingerprint density at radius 2 is 2.13 bits per heavy atom. The van der Waals surface area contributed by atoms with E-state index < -0.39 is 0 Å². The zero-order valence-corrected chi connectivity index (χ0v) is 9.97. The number of para-hydroxylation sites is 1. The van der Waals surface area contributed by atoms with Crippen molar-refractivity contribution in [2.24, 2.45) is 0 Å². The van der Waals surface area contributed by atoms with Crippen molar-refractivity contribution in [3.8, 4) is 5.75 Å². The van der Waals surface area contributed by atoms with E-state index in [1.54, 1.807) is 11.8 Å². The molecule has 0 aromatic heterocycles. The SMILES string of the molecule is CCOc1ccccc1C(=O)CCSC. The first-order valence-corrected chi connectivity index (χ1v) is 6.43. The standard InChI is InChI=1S/C12H16O2S/c1-3-14-12-7-5-4-6-10(12)11(13)8-9-15-2/h4-7H,3,8-9H2,1-2H3. The van der Waals surface area contributed by atoms with Gasteiger partial charge in [0.25, 0.3) is 0 Å². The quantitative estimate of drug-likeness (QED) is 0.695. The lowest BCUT2D eigenvalue weighted by Gasteiger charge is -2.08. The molecule has 0 fully saturated rings. The van der Waals surface area contributed by atoms with Crippen LogP contribution in [0.15, 0.2) is 24.3 Å². The Kier molecular flexibility index (Phi) is 5.26. The lowest BCUT2D eigenvalue weighted by atomic mass is 10.1. The molecule has 1 rings (SSSR count). The van der Waals surface area contributed by atoms with Gasteiger partial charge >= 0.3 is 0 Å². The molecule has 1 aromatic carbocycles. The molecule has 0 bridgehead atoms. The van der Waals surface area contributed by atoms with Gasteiger partial charge in [0.1, 0.15) is 5.75 Å². The van der Waals surface area contributed by atoms with E-state index in [2.05, 4.69) is 0 Å². The fourth-order valence-corrected chi connectivity index (χ4v) is 1.70. The van der Waals surface area contributed by atoms with Crippen molar-refractivity contribution in [3.05, 3.63) is 29.8 Å². The molecule has 0 N–H and O–H groups in total. The maximum Gasteiger partial charge on any atom is 0.167 e. The number of carbonyl (C=O) groups excluding carboxylic acids is 1. The molecule has 0 atom stereocenters. The average Bonchev–Trinajstić information content (AvgIpc) is 2.27. The van der Waals surface area contributed by atoms with Crippen LogP contribution in [0.2, 0.25) is 0 Å². The summed E-state index contributed by atoms with van der Waals surface area (Å²) in [6, 6.07) is 7.43. The monoisotopic (exact) mass is 224 g/mol. The Morgan fingerprint density at radius 3 is 2.80 bits per heavy atom. The summed E-state index contributed by atoms with van der Waals surface area (Å²) in [5, 5.41) is 0. The van der Waals surface area contributed by atoms with E-state index in [0.29, 0.717) is 24.3 Å². The maximum absolute atomic E-state index is 11.8. The molecule has 3 heteroatoms. The molecule has 0 saturated heterocycles. The number of thioether (sulfide) groups is 1. The number of ketones is 1. The van der Waals surface area contributed by atoms with Gasteiger partial charge in [0, 0.05) is 12.2 Å². The van der Waals surface area contributed by atoms with Crippen LogP contribution in [0, 0.1) is 0 Å². The van der Waals surface area contributed by atoms with E-state index in [1.807, 2.05) is 37.4 Å². The van der Waals surface area contributed by atoms with Gasteiger partial charge in [-0.25, -0.2) is 0 Å². The molecular weight excluding hydrogens is 208 g/mol. The number of carbonyl (C=O) groups is 1. The predicted octanol–water partition coefficient (Wildman–Crippen LogP) is 3.02. The van der Waals surface area contributed by atoms with Crippen LogP contribution in [-0.4, -0.2) is 24.4 Å². The van der Waals surface area contributed by atoms with Crippen LogP contribution >= 0.6 is 11.8 Å². The molecule has 0 spiro atoms. The minimum Gasteiger partial charge on any atom is -0.493 e. The van der Waals surface area contributed by atoms with Gasteiger partial charge in [-0.05, 0) is 25.3 Å². The van der Waals surface area contributed by atoms with E-state index >= 15 is 0 Å². The number of benzene rings is 1. The molecule has 0 radical (unpaired) electrons. The van der Waals surface area contributed by atoms with E-state index in [0.717, 1.165) is 5.75 Å². The van der Waals surface area contributed by atoms with Gasteiger partial charge in [0.05, 0.1) is 12.2 Å². The summed E-state index contributed by atoms with van der Waals surface area (Å²) in [6.07, 6.45) is 2.58. The molecule has 0 aliphatic carbocycles. The summed E-state index contributed by atoms with van der Waals surface area (Å²) in [6.45, 7) is 2.51. The third-order valence-electron chi connectivity index (χ3n) is 2.02. The predicted molar refractivity (Wildman–Crippen MR) is 64.9 cm³/mol. The highest BCUT2D eigenvalue weighted by molar-refractivity contribution is 7.98. The van der Waals surface area contributed by atoms with Crippen LogP contribution in [0.5, 0.6) is 5.75 Å². The second kappa shape index (κ2) is 6.51. The fraction of sp³-hybridized carbons (Fsp3) is 0.417. The van der Waals surface area contributed by atoms with Gasteiger partial charge in [0.2, 0.25) is 0 Å². The van der Waals surface area contributed by atoms with E-state index in [-0.39, 0.29) is 5.78 Å². The lowest BCUT2D eigenvalue weighted by Crippen LogP contribution is -2.04. The van der Waals surface area contributed by atoms with Crippen LogP contribution in [-0.2, 0) is 0 Å². The summed E-state index contributed by atoms with van der Waals surface area (Å²) in [4.78, 5) is 11.8. The zero-order chi connectivity index (χ0) is 11.1. The van der Waals surface area contributed by atoms with Gasteiger partial charge < -0.3 is 4.74 Å². The van der Waals surface area contributed by atoms with Crippen LogP contribution < -0.4 is 4.74 Å². The summed E-state index contributed by atoms with van der Waals surface area (Å²) < 4.78 is 5.41. The molecule has 82 valence electrons. The Morgan fingerprint density at radius 1 is 1.40 bits per heavy atom. The smallest absolute Gasteiger partial charge is 0.167 e. The number of rotatable bonds is 6. The van der Waals surface area contributed by atoms with Gasteiger partial charge in [-0.1, -0.05) is 12.1 Å². The van der Waals surface area contributed by atoms with Gasteiger partial charge in [-0.15, -0.1) is 0 Å². The van der Waals surface area contributed by atoms with Crippen molar-refractivity contribution in [2.45, 2.75) is 13.3 Å². The number of hydrogen-bond donors (Lipinski definition) is 0. The molecule has 2 nitrogen and oxygen atoms in total. The summed E-state index contributed by atoms with van der Waals surface area (Å²) >= 11 is 1.68. The van der Waals surface area contributed by atoms with E-state index in [1.165, 1.54) is 0 Å². The first-order valence-electron chi connectivity index (χ1n) is 5.03. The molecule has 1 aromatic rings. The van der Waals surface area contributed by atoms with Crippen LogP contribution in [0.1, 0.15) is 23.7 Å². The van der Waals surface area contributed by atoms with Gasteiger partial charge in [0.15, 0.2) is 5.78 Å². The van der Waals surface area contributed by atoms with Crippen molar-refractivity contribution >= 4 is 17.5 Å². The minimum absolute atomic E-state index is 0.161. The molecule has 0 aliphatic rings. The molecule has 0 unspecified atom stereocenters. The van der Waals surface area contributed by atoms with Crippen molar-refractivity contribution in [3.63, 3.8) is 0 Å². The molecule has 0 heterocycles. The zero-order valence-electron chi connectivity index (χ0n) is 9.16. The second-order valence-electron chi connectivity index (χ2n) is 3.10. The Labute approximate surface area is 95.0 Å². The van der Waals surface area contributed by atoms with E-state index in [9.17, 15) is 4.79 Å². The van der Waals surface area contributed by atoms with Gasteiger partial charge in [-0.2, -0.15) is 11.8 Å². The molecule has 0 amide bonds. The Hall–Kier alpha value is -0.960. The number of ether oxygens (including phenoxy) is 1. The Balaban J connectivity index is 2.77. The van der Waals surface area contributed by atoms with Crippen molar-refractivity contribution < 1.29 is 9.53 Å². The maximum atomic E-state index is 11.8. The highest BCUT2D eigenvalue weighted by Crippen LogP contribution is 2.20. The second-order valence-corrected chi connectivity index (χ2v) is 4.08. The molecule has 0 aliphatic heterocycles. The highest BCUT2D eigenvalue weighted by Gasteiger charge is 2.10. The molecule has 0 saturated carbocycles.